The molecule has 0 aliphatic rings. The normalized spacial score (nSPS) is 12.3. The number of aliphatic hydroxyl groups is 1. The van der Waals surface area contributed by atoms with E-state index in [9.17, 15) is 24.0 Å². The van der Waals surface area contributed by atoms with Crippen LogP contribution in [0.15, 0.2) is 0 Å². The molecule has 0 aromatic rings. The van der Waals surface area contributed by atoms with Crippen molar-refractivity contribution in [2.45, 2.75) is 44.8 Å². The Labute approximate surface area is 172 Å². The lowest BCUT2D eigenvalue weighted by Gasteiger charge is -2.07. The molecule has 0 saturated carbocycles. The Hall–Kier alpha value is -2.85. The highest BCUT2D eigenvalue weighted by Crippen LogP contribution is 1.96. The second kappa shape index (κ2) is 20.9. The van der Waals surface area contributed by atoms with Crippen LogP contribution in [-0.4, -0.2) is 91.8 Å². The lowest BCUT2D eigenvalue weighted by molar-refractivity contribution is -0.141. The van der Waals surface area contributed by atoms with Crippen molar-refractivity contribution in [2.24, 2.45) is 28.9 Å². The summed E-state index contributed by atoms with van der Waals surface area (Å²) in [4.78, 5) is 48.8. The van der Waals surface area contributed by atoms with Gasteiger partial charge < -0.3 is 53.6 Å². The summed E-state index contributed by atoms with van der Waals surface area (Å²) >= 11 is 0. The molecule has 0 saturated heterocycles. The van der Waals surface area contributed by atoms with E-state index in [1.54, 1.807) is 13.8 Å². The van der Waals surface area contributed by atoms with Gasteiger partial charge >= 0.3 is 29.8 Å². The van der Waals surface area contributed by atoms with Crippen molar-refractivity contribution in [1.29, 1.82) is 0 Å². The molecule has 178 valence electrons. The lowest BCUT2D eigenvalue weighted by Crippen LogP contribution is -2.34. The van der Waals surface area contributed by atoms with Crippen LogP contribution < -0.4 is 22.9 Å². The highest BCUT2D eigenvalue weighted by atomic mass is 16.4. The molecule has 0 amide bonds. The van der Waals surface area contributed by atoms with Gasteiger partial charge in [-0.25, -0.2) is 0 Å². The molecule has 0 fully saturated rings. The zero-order chi connectivity index (χ0) is 25.0. The van der Waals surface area contributed by atoms with Crippen LogP contribution in [0.25, 0.3) is 0 Å². The molecule has 0 rings (SSSR count). The third-order valence-electron chi connectivity index (χ3n) is 2.68. The topological polar surface area (TPSA) is 311 Å². The first-order valence-electron chi connectivity index (χ1n) is 8.24. The summed E-state index contributed by atoms with van der Waals surface area (Å²) < 4.78 is 0. The van der Waals surface area contributed by atoms with Crippen molar-refractivity contribution < 1.29 is 54.6 Å². The Bertz CT molecular complexity index is 529. The molecule has 14 N–H and O–H groups in total. The van der Waals surface area contributed by atoms with Crippen LogP contribution in [0.2, 0.25) is 0 Å². The standard InChI is InChI=1S/C5H9NO4.C5H11NO2.C3H7NO3.C2H5NO2/c6-3(5(9)10)1-2-4(7)8;1-3(2)4(6)5(7)8;4-2(1-5)3(6)7;3-1-2(4)5/h3H,1-2,6H2,(H,7,8)(H,9,10);3-4H,6H2,1-2H3,(H,7,8);2,5H,1,4H2,(H,6,7);1,3H2,(H,4,5)/t3-;4-;2-;/m000./s1. The maximum Gasteiger partial charge on any atom is 0.322 e. The predicted molar refractivity (Wildman–Crippen MR) is 102 cm³/mol. The molecular weight excluding hydrogens is 412 g/mol. The number of carboxylic acids is 5. The van der Waals surface area contributed by atoms with E-state index in [2.05, 4.69) is 5.73 Å². The Morgan fingerprint density at radius 1 is 0.733 bits per heavy atom. The third-order valence-corrected chi connectivity index (χ3v) is 2.68. The first-order chi connectivity index (χ1) is 13.5. The first-order valence-corrected chi connectivity index (χ1v) is 8.24. The van der Waals surface area contributed by atoms with Gasteiger partial charge in [0.15, 0.2) is 0 Å². The molecule has 0 unspecified atom stereocenters. The summed E-state index contributed by atoms with van der Waals surface area (Å²) in [5.74, 6) is -5.25. The van der Waals surface area contributed by atoms with Crippen molar-refractivity contribution in [3.05, 3.63) is 0 Å². The van der Waals surface area contributed by atoms with Crippen LogP contribution in [0.1, 0.15) is 26.7 Å². The Morgan fingerprint density at radius 3 is 1.20 bits per heavy atom. The molecule has 15 nitrogen and oxygen atoms in total. The molecule has 0 aromatic carbocycles. The number of rotatable bonds is 9. The molecule has 0 aliphatic carbocycles. The van der Waals surface area contributed by atoms with Gasteiger partial charge in [0.25, 0.3) is 0 Å². The minimum absolute atomic E-state index is 0.0208. The number of hydrogen-bond donors (Lipinski definition) is 10. The van der Waals surface area contributed by atoms with Gasteiger partial charge in [-0.15, -0.1) is 0 Å². The van der Waals surface area contributed by atoms with Crippen molar-refractivity contribution in [1.82, 2.24) is 0 Å². The summed E-state index contributed by atoms with van der Waals surface area (Å²) in [6, 6.07) is -2.90. The van der Waals surface area contributed by atoms with E-state index in [1.165, 1.54) is 0 Å². The van der Waals surface area contributed by atoms with Crippen LogP contribution in [0.5, 0.6) is 0 Å². The predicted octanol–water partition coefficient (Wildman–Crippen LogP) is -3.26. The summed E-state index contributed by atoms with van der Waals surface area (Å²) in [6.45, 7) is 2.77. The largest absolute Gasteiger partial charge is 0.481 e. The lowest BCUT2D eigenvalue weighted by atomic mass is 10.1. The van der Waals surface area contributed by atoms with Crippen LogP contribution in [0, 0.1) is 5.92 Å². The molecule has 3 atom stereocenters. The highest BCUT2D eigenvalue weighted by molar-refractivity contribution is 5.74. The van der Waals surface area contributed by atoms with E-state index in [1.807, 2.05) is 0 Å². The number of nitrogens with two attached hydrogens (primary N) is 4. The maximum atomic E-state index is 10.0. The van der Waals surface area contributed by atoms with Gasteiger partial charge in [0.2, 0.25) is 0 Å². The molecule has 0 radical (unpaired) electrons. The van der Waals surface area contributed by atoms with E-state index in [4.69, 9.17) is 47.8 Å². The molecule has 0 heterocycles. The number of carbonyl (C=O) groups is 5. The average molecular weight is 444 g/mol. The number of aliphatic carboxylic acids is 5. The zero-order valence-electron chi connectivity index (χ0n) is 16.7. The summed E-state index contributed by atoms with van der Waals surface area (Å²) in [5.41, 5.74) is 19.5. The quantitative estimate of drug-likeness (QED) is 0.167. The monoisotopic (exact) mass is 444 g/mol. The Morgan fingerprint density at radius 2 is 1.10 bits per heavy atom. The Kier molecular flexibility index (Phi) is 24.1. The summed E-state index contributed by atoms with van der Waals surface area (Å²) in [5, 5.41) is 48.0. The van der Waals surface area contributed by atoms with Gasteiger partial charge in [0.1, 0.15) is 18.1 Å². The number of hydrogen-bond acceptors (Lipinski definition) is 10. The molecule has 15 heteroatoms. The SMILES string of the molecule is CC(C)[C@H](N)C(=O)O.NCC(=O)O.N[C@@H](CCC(=O)O)C(=O)O.N[C@@H](CO)C(=O)O. The third kappa shape index (κ3) is 29.9. The second-order valence-corrected chi connectivity index (χ2v) is 5.71. The van der Waals surface area contributed by atoms with E-state index < -0.39 is 54.6 Å². The summed E-state index contributed by atoms with van der Waals surface area (Å²) in [7, 11) is 0. The molecule has 0 aliphatic heterocycles. The Balaban J connectivity index is -0.000000155. The first kappa shape index (κ1) is 34.6. The fourth-order valence-corrected chi connectivity index (χ4v) is 0.766. The molecular formula is C15H32N4O11. The van der Waals surface area contributed by atoms with Gasteiger partial charge in [0, 0.05) is 6.42 Å². The number of carboxylic acid groups (broad SMARTS) is 5. The van der Waals surface area contributed by atoms with Crippen molar-refractivity contribution in [3.63, 3.8) is 0 Å². The van der Waals surface area contributed by atoms with Crippen molar-refractivity contribution in [3.8, 4) is 0 Å². The molecule has 30 heavy (non-hydrogen) atoms. The fourth-order valence-electron chi connectivity index (χ4n) is 0.766. The smallest absolute Gasteiger partial charge is 0.322 e. The van der Waals surface area contributed by atoms with Gasteiger partial charge in [-0.3, -0.25) is 24.0 Å². The van der Waals surface area contributed by atoms with Crippen LogP contribution in [0.3, 0.4) is 0 Å². The van der Waals surface area contributed by atoms with E-state index in [0.717, 1.165) is 0 Å². The van der Waals surface area contributed by atoms with Crippen LogP contribution in [-0.2, 0) is 24.0 Å². The van der Waals surface area contributed by atoms with Crippen LogP contribution in [0.4, 0.5) is 0 Å². The van der Waals surface area contributed by atoms with Crippen molar-refractivity contribution in [2.75, 3.05) is 13.2 Å². The molecule has 0 spiro atoms. The van der Waals surface area contributed by atoms with Gasteiger partial charge in [-0.1, -0.05) is 13.8 Å². The van der Waals surface area contributed by atoms with Crippen molar-refractivity contribution >= 4 is 29.8 Å². The zero-order valence-corrected chi connectivity index (χ0v) is 16.7. The van der Waals surface area contributed by atoms with E-state index >= 15 is 0 Å². The summed E-state index contributed by atoms with van der Waals surface area (Å²) in [6.07, 6.45) is -0.224. The fraction of sp³-hybridized carbons (Fsp3) is 0.667. The van der Waals surface area contributed by atoms with Gasteiger partial charge in [0.05, 0.1) is 13.2 Å². The average Bonchev–Trinajstić information content (AvgIpc) is 2.65. The maximum absolute atomic E-state index is 10.0. The highest BCUT2D eigenvalue weighted by Gasteiger charge is 2.14. The minimum Gasteiger partial charge on any atom is -0.481 e. The second-order valence-electron chi connectivity index (χ2n) is 5.71. The van der Waals surface area contributed by atoms with E-state index in [-0.39, 0.29) is 25.3 Å². The minimum atomic E-state index is -1.18. The van der Waals surface area contributed by atoms with Crippen LogP contribution >= 0.6 is 0 Å². The number of aliphatic hydroxyl groups excluding tert-OH is 1. The molecule has 0 bridgehead atoms. The molecule has 0 aromatic heterocycles. The van der Waals surface area contributed by atoms with Gasteiger partial charge in [-0.2, -0.15) is 0 Å². The van der Waals surface area contributed by atoms with E-state index in [0.29, 0.717) is 0 Å². The van der Waals surface area contributed by atoms with Gasteiger partial charge in [-0.05, 0) is 12.3 Å².